The molecule has 1 aromatic rings. The van der Waals surface area contributed by atoms with Gasteiger partial charge in [-0.25, -0.2) is 0 Å². The number of benzene rings is 1. The molecule has 17 heavy (non-hydrogen) atoms. The first-order chi connectivity index (χ1) is 7.91. The zero-order valence-electron chi connectivity index (χ0n) is 11.0. The molecule has 0 heterocycles. The van der Waals surface area contributed by atoms with Gasteiger partial charge in [-0.2, -0.15) is 0 Å². The van der Waals surface area contributed by atoms with E-state index in [2.05, 4.69) is 48.8 Å². The zero-order valence-corrected chi connectivity index (χ0v) is 12.6. The van der Waals surface area contributed by atoms with E-state index in [9.17, 15) is 0 Å². The second kappa shape index (κ2) is 6.53. The lowest BCUT2D eigenvalue weighted by Gasteiger charge is -2.27. The third-order valence-corrected chi connectivity index (χ3v) is 3.45. The molecule has 2 nitrogen and oxygen atoms in total. The lowest BCUT2D eigenvalue weighted by molar-refractivity contribution is -0.0364. The van der Waals surface area contributed by atoms with E-state index >= 15 is 0 Å². The Bertz CT molecular complexity index is 352. The largest absolute Gasteiger partial charge is 0.369 e. The Labute approximate surface area is 113 Å². The van der Waals surface area contributed by atoms with Crippen LogP contribution in [0.1, 0.15) is 39.4 Å². The predicted octanol–water partition coefficient (Wildman–Crippen LogP) is 3.90. The molecule has 0 fully saturated rings. The van der Waals surface area contributed by atoms with Crippen molar-refractivity contribution < 1.29 is 4.74 Å². The summed E-state index contributed by atoms with van der Waals surface area (Å²) in [6.07, 6.45) is 0.148. The Morgan fingerprint density at radius 1 is 1.18 bits per heavy atom. The molecular weight excluding hydrogens is 278 g/mol. The summed E-state index contributed by atoms with van der Waals surface area (Å²) < 4.78 is 7.13. The van der Waals surface area contributed by atoms with Crippen LogP contribution in [0.2, 0.25) is 0 Å². The van der Waals surface area contributed by atoms with Crippen LogP contribution in [0.15, 0.2) is 28.7 Å². The molecule has 0 amide bonds. The monoisotopic (exact) mass is 299 g/mol. The van der Waals surface area contributed by atoms with Gasteiger partial charge in [0.2, 0.25) is 0 Å². The number of hydrogen-bond donors (Lipinski definition) is 1. The van der Waals surface area contributed by atoms with Gasteiger partial charge in [0, 0.05) is 10.5 Å². The minimum Gasteiger partial charge on any atom is -0.369 e. The van der Waals surface area contributed by atoms with E-state index < -0.39 is 0 Å². The number of ether oxygens (including phenoxy) is 1. The third-order valence-electron chi connectivity index (χ3n) is 2.95. The van der Waals surface area contributed by atoms with Crippen molar-refractivity contribution in [2.75, 3.05) is 0 Å². The van der Waals surface area contributed by atoms with Gasteiger partial charge in [-0.3, -0.25) is 0 Å². The molecule has 2 N–H and O–H groups in total. The Kier molecular flexibility index (Phi) is 5.63. The maximum Gasteiger partial charge on any atom is 0.0977 e. The summed E-state index contributed by atoms with van der Waals surface area (Å²) in [5, 5.41) is 0. The van der Waals surface area contributed by atoms with Crippen LogP contribution in [0.5, 0.6) is 0 Å². The van der Waals surface area contributed by atoms with Crippen molar-refractivity contribution in [3.63, 3.8) is 0 Å². The van der Waals surface area contributed by atoms with Crippen LogP contribution in [0.3, 0.4) is 0 Å². The Morgan fingerprint density at radius 2 is 1.82 bits per heavy atom. The van der Waals surface area contributed by atoms with E-state index in [1.54, 1.807) is 0 Å². The highest BCUT2D eigenvalue weighted by molar-refractivity contribution is 9.10. The van der Waals surface area contributed by atoms with Gasteiger partial charge in [-0.1, -0.05) is 41.9 Å². The van der Waals surface area contributed by atoms with Gasteiger partial charge in [0.25, 0.3) is 0 Å². The molecule has 0 aliphatic heterocycles. The van der Waals surface area contributed by atoms with Crippen molar-refractivity contribution in [3.05, 3.63) is 34.3 Å². The van der Waals surface area contributed by atoms with Crippen molar-refractivity contribution in [2.24, 2.45) is 11.7 Å². The van der Waals surface area contributed by atoms with Crippen LogP contribution in [0.4, 0.5) is 0 Å². The van der Waals surface area contributed by atoms with Crippen LogP contribution in [0.25, 0.3) is 0 Å². The molecule has 96 valence electrons. The fourth-order valence-electron chi connectivity index (χ4n) is 1.58. The summed E-state index contributed by atoms with van der Waals surface area (Å²) in [6.45, 7) is 8.39. The number of nitrogens with two attached hydrogens (primary N) is 1. The molecule has 0 aromatic heterocycles. The zero-order chi connectivity index (χ0) is 13.0. The first-order valence-electron chi connectivity index (χ1n) is 6.08. The summed E-state index contributed by atoms with van der Waals surface area (Å²) >= 11 is 3.48. The molecule has 0 spiro atoms. The summed E-state index contributed by atoms with van der Waals surface area (Å²) in [6, 6.07) is 8.13. The molecule has 3 unspecified atom stereocenters. The summed E-state index contributed by atoms with van der Waals surface area (Å²) in [4.78, 5) is 0. The highest BCUT2D eigenvalue weighted by Crippen LogP contribution is 2.26. The van der Waals surface area contributed by atoms with E-state index in [1.807, 2.05) is 19.1 Å². The molecule has 1 rings (SSSR count). The molecule has 3 atom stereocenters. The standard InChI is InChI=1S/C14H22BrNO/c1-9(2)11(4)17-14(10(3)16)12-6-5-7-13(15)8-12/h5-11,14H,16H2,1-4H3. The van der Waals surface area contributed by atoms with Crippen molar-refractivity contribution in [2.45, 2.75) is 45.9 Å². The van der Waals surface area contributed by atoms with Crippen molar-refractivity contribution >= 4 is 15.9 Å². The van der Waals surface area contributed by atoms with Crippen LogP contribution < -0.4 is 5.73 Å². The van der Waals surface area contributed by atoms with Gasteiger partial charge < -0.3 is 10.5 Å². The van der Waals surface area contributed by atoms with Crippen LogP contribution >= 0.6 is 15.9 Å². The van der Waals surface area contributed by atoms with Gasteiger partial charge in [0.1, 0.15) is 0 Å². The second-order valence-corrected chi connectivity index (χ2v) is 5.84. The second-order valence-electron chi connectivity index (χ2n) is 4.92. The Hall–Kier alpha value is -0.380. The van der Waals surface area contributed by atoms with Gasteiger partial charge in [-0.15, -0.1) is 0 Å². The van der Waals surface area contributed by atoms with Crippen LogP contribution in [0, 0.1) is 5.92 Å². The molecule has 0 aliphatic rings. The first kappa shape index (κ1) is 14.7. The van der Waals surface area contributed by atoms with E-state index in [-0.39, 0.29) is 18.2 Å². The van der Waals surface area contributed by atoms with Crippen molar-refractivity contribution in [1.29, 1.82) is 0 Å². The third kappa shape index (κ3) is 4.41. The molecule has 3 heteroatoms. The van der Waals surface area contributed by atoms with Gasteiger partial charge in [0.15, 0.2) is 0 Å². The molecule has 0 aliphatic carbocycles. The van der Waals surface area contributed by atoms with Gasteiger partial charge >= 0.3 is 0 Å². The van der Waals surface area contributed by atoms with E-state index in [0.717, 1.165) is 10.0 Å². The van der Waals surface area contributed by atoms with Crippen LogP contribution in [-0.4, -0.2) is 12.1 Å². The normalized spacial score (nSPS) is 16.9. The summed E-state index contributed by atoms with van der Waals surface area (Å²) in [5.41, 5.74) is 7.15. The van der Waals surface area contributed by atoms with E-state index in [0.29, 0.717) is 5.92 Å². The Balaban J connectivity index is 2.86. The number of rotatable bonds is 5. The average Bonchev–Trinajstić information content (AvgIpc) is 2.24. The Morgan fingerprint density at radius 3 is 2.29 bits per heavy atom. The van der Waals surface area contributed by atoms with E-state index in [1.165, 1.54) is 0 Å². The van der Waals surface area contributed by atoms with Crippen molar-refractivity contribution in [1.82, 2.24) is 0 Å². The topological polar surface area (TPSA) is 35.2 Å². The number of halogens is 1. The summed E-state index contributed by atoms with van der Waals surface area (Å²) in [5.74, 6) is 0.489. The molecule has 0 radical (unpaired) electrons. The minimum atomic E-state index is -0.0510. The molecule has 1 aromatic carbocycles. The lowest BCUT2D eigenvalue weighted by Crippen LogP contribution is -2.31. The highest BCUT2D eigenvalue weighted by Gasteiger charge is 2.21. The maximum absolute atomic E-state index is 6.07. The van der Waals surface area contributed by atoms with Crippen molar-refractivity contribution in [3.8, 4) is 0 Å². The fraction of sp³-hybridized carbons (Fsp3) is 0.571. The smallest absolute Gasteiger partial charge is 0.0977 e. The fourth-order valence-corrected chi connectivity index (χ4v) is 1.99. The first-order valence-corrected chi connectivity index (χ1v) is 6.87. The highest BCUT2D eigenvalue weighted by atomic mass is 79.9. The van der Waals surface area contributed by atoms with Gasteiger partial charge in [0.05, 0.1) is 12.2 Å². The molecule has 0 bridgehead atoms. The minimum absolute atomic E-state index is 0.0227. The number of hydrogen-bond acceptors (Lipinski definition) is 2. The molecular formula is C14H22BrNO. The average molecular weight is 300 g/mol. The predicted molar refractivity (Wildman–Crippen MR) is 75.9 cm³/mol. The van der Waals surface area contributed by atoms with Gasteiger partial charge in [-0.05, 0) is 37.5 Å². The van der Waals surface area contributed by atoms with Crippen LogP contribution in [-0.2, 0) is 4.74 Å². The van der Waals surface area contributed by atoms with E-state index in [4.69, 9.17) is 10.5 Å². The molecule has 0 saturated carbocycles. The quantitative estimate of drug-likeness (QED) is 0.895. The molecule has 0 saturated heterocycles. The SMILES string of the molecule is CC(C)C(C)OC(c1cccc(Br)c1)C(C)N. The maximum atomic E-state index is 6.07. The lowest BCUT2D eigenvalue weighted by atomic mass is 10.0. The summed E-state index contributed by atoms with van der Waals surface area (Å²) in [7, 11) is 0.